The molecule has 5 N–H and O–H groups in total. The number of hydrogen-bond acceptors (Lipinski definition) is 8. The smallest absolute Gasteiger partial charge is 0.335 e. The van der Waals surface area contributed by atoms with Gasteiger partial charge in [-0.2, -0.15) is 0 Å². The Morgan fingerprint density at radius 1 is 1.00 bits per heavy atom. The molecule has 0 amide bonds. The lowest BCUT2D eigenvalue weighted by Crippen LogP contribution is -2.60. The van der Waals surface area contributed by atoms with Crippen molar-refractivity contribution in [3.63, 3.8) is 0 Å². The molecule has 3 aromatic rings. The van der Waals surface area contributed by atoms with Gasteiger partial charge in [-0.25, -0.2) is 4.79 Å². The molecule has 0 spiro atoms. The summed E-state index contributed by atoms with van der Waals surface area (Å²) in [4.78, 5) is 24.8. The number of carbonyl (C=O) groups excluding carboxylic acids is 1. The first-order valence-corrected chi connectivity index (χ1v) is 13.2. The zero-order chi connectivity index (χ0) is 28.8. The van der Waals surface area contributed by atoms with Crippen LogP contribution in [0.4, 0.5) is 0 Å². The Bertz CT molecular complexity index is 1410. The van der Waals surface area contributed by atoms with Crippen LogP contribution in [0.15, 0.2) is 54.6 Å². The topological polar surface area (TPSA) is 159 Å². The molecule has 2 aliphatic rings. The molecule has 11 heteroatoms. The van der Waals surface area contributed by atoms with Crippen molar-refractivity contribution in [1.29, 1.82) is 0 Å². The van der Waals surface area contributed by atoms with Crippen LogP contribution < -0.4 is 0 Å². The number of aromatic nitrogens is 1. The Morgan fingerprint density at radius 2 is 1.65 bits per heavy atom. The standard InChI is InChI=1S/C29H30ClNO9/c1-29(14-32)12-19-22(15-5-3-2-4-6-15)21(16-7-9-17(30)10-8-16)18(31(19)13-29)11-20(33)39-28-25(36)23(34)24(35)26(40-28)27(37)38/h2-10,23-26,28,32,34-36H,11-14H2,1H3,(H,37,38)/t23-,24-,25+,26-,28+,29?/m0/s1. The Labute approximate surface area is 235 Å². The lowest BCUT2D eigenvalue weighted by atomic mass is 9.85. The summed E-state index contributed by atoms with van der Waals surface area (Å²) in [6, 6.07) is 16.9. The highest BCUT2D eigenvalue weighted by molar-refractivity contribution is 6.30. The van der Waals surface area contributed by atoms with Crippen molar-refractivity contribution >= 4 is 23.5 Å². The predicted octanol–water partition coefficient (Wildman–Crippen LogP) is 2.01. The van der Waals surface area contributed by atoms with Gasteiger partial charge in [0.2, 0.25) is 6.29 Å². The molecule has 2 aromatic carbocycles. The molecule has 40 heavy (non-hydrogen) atoms. The molecule has 5 rings (SSSR count). The zero-order valence-corrected chi connectivity index (χ0v) is 22.4. The maximum Gasteiger partial charge on any atom is 0.335 e. The second kappa shape index (κ2) is 11.0. The first-order chi connectivity index (χ1) is 19.0. The lowest BCUT2D eigenvalue weighted by Gasteiger charge is -2.38. The molecule has 6 atom stereocenters. The van der Waals surface area contributed by atoms with Gasteiger partial charge in [0.05, 0.1) is 13.0 Å². The van der Waals surface area contributed by atoms with Gasteiger partial charge >= 0.3 is 11.9 Å². The summed E-state index contributed by atoms with van der Waals surface area (Å²) in [6.45, 7) is 2.33. The number of aliphatic carboxylic acids is 1. The molecule has 2 aliphatic heterocycles. The number of aliphatic hydroxyl groups is 4. The molecule has 3 heterocycles. The van der Waals surface area contributed by atoms with Crippen molar-refractivity contribution in [3.8, 4) is 22.3 Å². The van der Waals surface area contributed by atoms with Crippen LogP contribution >= 0.6 is 11.6 Å². The first-order valence-electron chi connectivity index (χ1n) is 12.8. The average molecular weight is 572 g/mol. The summed E-state index contributed by atoms with van der Waals surface area (Å²) in [6.07, 6.45) is -9.10. The minimum atomic E-state index is -1.91. The SMILES string of the molecule is CC1(CO)Cc2c(-c3ccccc3)c(-c3ccc(Cl)cc3)c(CC(=O)O[C@@H]3O[C@H](C(=O)O)[C@@H](O)[C@H](O)[C@H]3O)n2C1. The van der Waals surface area contributed by atoms with E-state index in [0.717, 1.165) is 27.9 Å². The number of fused-ring (bicyclic) bond motifs is 1. The second-order valence-corrected chi connectivity index (χ2v) is 11.1. The third kappa shape index (κ3) is 5.14. The number of esters is 1. The highest BCUT2D eigenvalue weighted by Crippen LogP contribution is 2.47. The number of rotatable bonds is 7. The van der Waals surface area contributed by atoms with Gasteiger partial charge in [-0.3, -0.25) is 4.79 Å². The van der Waals surface area contributed by atoms with Gasteiger partial charge in [0, 0.05) is 39.5 Å². The average Bonchev–Trinajstić information content (AvgIpc) is 3.42. The van der Waals surface area contributed by atoms with E-state index in [-0.39, 0.29) is 13.0 Å². The summed E-state index contributed by atoms with van der Waals surface area (Å²) in [7, 11) is 0. The van der Waals surface area contributed by atoms with E-state index in [1.807, 2.05) is 54.0 Å². The van der Waals surface area contributed by atoms with E-state index in [1.165, 1.54) is 0 Å². The van der Waals surface area contributed by atoms with Gasteiger partial charge in [-0.15, -0.1) is 0 Å². The number of carboxylic acid groups (broad SMARTS) is 1. The monoisotopic (exact) mass is 571 g/mol. The van der Waals surface area contributed by atoms with Crippen LogP contribution in [0.1, 0.15) is 18.3 Å². The summed E-state index contributed by atoms with van der Waals surface area (Å²) >= 11 is 6.16. The van der Waals surface area contributed by atoms with E-state index in [4.69, 9.17) is 21.1 Å². The quantitative estimate of drug-likeness (QED) is 0.267. The highest BCUT2D eigenvalue weighted by atomic mass is 35.5. The van der Waals surface area contributed by atoms with Gasteiger partial charge in [0.15, 0.2) is 6.10 Å². The number of carboxylic acids is 1. The van der Waals surface area contributed by atoms with Crippen molar-refractivity contribution in [2.45, 2.75) is 57.0 Å². The molecule has 0 radical (unpaired) electrons. The van der Waals surface area contributed by atoms with Crippen LogP contribution in [-0.2, 0) is 38.4 Å². The summed E-state index contributed by atoms with van der Waals surface area (Å²) in [5.41, 5.74) is 4.48. The lowest BCUT2D eigenvalue weighted by molar-refractivity contribution is -0.286. The fourth-order valence-electron chi connectivity index (χ4n) is 5.53. The number of hydrogen-bond donors (Lipinski definition) is 5. The Morgan fingerprint density at radius 3 is 2.27 bits per heavy atom. The maximum atomic E-state index is 13.3. The molecule has 1 aromatic heterocycles. The highest BCUT2D eigenvalue weighted by Gasteiger charge is 2.49. The maximum absolute atomic E-state index is 13.3. The van der Waals surface area contributed by atoms with E-state index in [0.29, 0.717) is 23.7 Å². The molecule has 1 saturated heterocycles. The molecule has 212 valence electrons. The number of carbonyl (C=O) groups is 2. The predicted molar refractivity (Wildman–Crippen MR) is 143 cm³/mol. The molecule has 0 aliphatic carbocycles. The third-order valence-corrected chi connectivity index (χ3v) is 7.81. The fourth-order valence-corrected chi connectivity index (χ4v) is 5.65. The van der Waals surface area contributed by atoms with Crippen molar-refractivity contribution in [2.75, 3.05) is 6.61 Å². The molecule has 1 unspecified atom stereocenters. The molecule has 1 fully saturated rings. The van der Waals surface area contributed by atoms with E-state index >= 15 is 0 Å². The largest absolute Gasteiger partial charge is 0.479 e. The molecule has 0 saturated carbocycles. The number of benzene rings is 2. The number of ether oxygens (including phenoxy) is 2. The van der Waals surface area contributed by atoms with Crippen molar-refractivity contribution in [3.05, 3.63) is 71.0 Å². The van der Waals surface area contributed by atoms with Gasteiger partial charge in [-0.05, 0) is 29.7 Å². The molecule has 10 nitrogen and oxygen atoms in total. The Balaban J connectivity index is 1.57. The summed E-state index contributed by atoms with van der Waals surface area (Å²) in [5.74, 6) is -2.42. The first kappa shape index (κ1) is 28.3. The summed E-state index contributed by atoms with van der Waals surface area (Å²) < 4.78 is 12.5. The van der Waals surface area contributed by atoms with Crippen molar-refractivity contribution in [2.24, 2.45) is 5.41 Å². The Hall–Kier alpha value is -3.25. The van der Waals surface area contributed by atoms with Crippen LogP contribution in [-0.4, -0.2) is 79.4 Å². The van der Waals surface area contributed by atoms with E-state index in [2.05, 4.69) is 0 Å². The Kier molecular flexibility index (Phi) is 7.75. The van der Waals surface area contributed by atoms with Crippen LogP contribution in [0.3, 0.4) is 0 Å². The number of halogens is 1. The van der Waals surface area contributed by atoms with Crippen molar-refractivity contribution < 1.29 is 44.6 Å². The molecule has 0 bridgehead atoms. The summed E-state index contributed by atoms with van der Waals surface area (Å²) in [5, 5.41) is 50.4. The van der Waals surface area contributed by atoms with Crippen molar-refractivity contribution in [1.82, 2.24) is 4.57 Å². The van der Waals surface area contributed by atoms with Crippen LogP contribution in [0.25, 0.3) is 22.3 Å². The van der Waals surface area contributed by atoms with Gasteiger partial charge in [-0.1, -0.05) is 61.0 Å². The second-order valence-electron chi connectivity index (χ2n) is 10.6. The molecular formula is C29H30ClNO9. The zero-order valence-electron chi connectivity index (χ0n) is 21.6. The van der Waals surface area contributed by atoms with Crippen LogP contribution in [0, 0.1) is 5.41 Å². The third-order valence-electron chi connectivity index (χ3n) is 7.56. The normalized spacial score (nSPS) is 27.8. The molecular weight excluding hydrogens is 542 g/mol. The van der Waals surface area contributed by atoms with Crippen LogP contribution in [0.2, 0.25) is 5.02 Å². The minimum Gasteiger partial charge on any atom is -0.479 e. The van der Waals surface area contributed by atoms with Gasteiger partial charge in [0.1, 0.15) is 18.3 Å². The number of aliphatic hydroxyl groups excluding tert-OH is 4. The van der Waals surface area contributed by atoms with Crippen LogP contribution in [0.5, 0.6) is 0 Å². The van der Waals surface area contributed by atoms with Gasteiger partial charge in [0.25, 0.3) is 0 Å². The number of nitrogens with zero attached hydrogens (tertiary/aromatic N) is 1. The van der Waals surface area contributed by atoms with E-state index < -0.39 is 48.1 Å². The fraction of sp³-hybridized carbons (Fsp3) is 0.379. The van der Waals surface area contributed by atoms with Gasteiger partial charge < -0.3 is 39.6 Å². The van der Waals surface area contributed by atoms with E-state index in [9.17, 15) is 35.1 Å². The minimum absolute atomic E-state index is 0.0675. The van der Waals surface area contributed by atoms with E-state index in [1.54, 1.807) is 12.1 Å².